The highest BCUT2D eigenvalue weighted by atomic mass is 35.5. The SMILES string of the molecule is CCS(=O)(=O)NCC(c1ccc(Cl)cc1)N1CCN(C)CC1. The Kier molecular flexibility index (Phi) is 6.23. The van der Waals surface area contributed by atoms with E-state index in [4.69, 9.17) is 11.6 Å². The van der Waals surface area contributed by atoms with Crippen LogP contribution in [0.1, 0.15) is 18.5 Å². The summed E-state index contributed by atoms with van der Waals surface area (Å²) in [7, 11) is -1.09. The summed E-state index contributed by atoms with van der Waals surface area (Å²) in [6.07, 6.45) is 0. The van der Waals surface area contributed by atoms with Crippen LogP contribution in [0.2, 0.25) is 5.02 Å². The average Bonchev–Trinajstić information content (AvgIpc) is 2.51. The van der Waals surface area contributed by atoms with Gasteiger partial charge in [-0.25, -0.2) is 13.1 Å². The molecule has 1 aromatic rings. The molecule has 1 fully saturated rings. The third-order valence-electron chi connectivity index (χ3n) is 4.11. The molecular weight excluding hydrogens is 322 g/mol. The zero-order valence-electron chi connectivity index (χ0n) is 13.1. The normalized spacial score (nSPS) is 19.2. The van der Waals surface area contributed by atoms with Gasteiger partial charge in [0, 0.05) is 43.8 Å². The second-order valence-electron chi connectivity index (χ2n) is 5.66. The maximum Gasteiger partial charge on any atom is 0.211 e. The van der Waals surface area contributed by atoms with Gasteiger partial charge >= 0.3 is 0 Å². The van der Waals surface area contributed by atoms with Crippen molar-refractivity contribution in [1.29, 1.82) is 0 Å². The van der Waals surface area contributed by atoms with Crippen molar-refractivity contribution in [3.63, 3.8) is 0 Å². The van der Waals surface area contributed by atoms with Gasteiger partial charge in [-0.1, -0.05) is 23.7 Å². The van der Waals surface area contributed by atoms with Gasteiger partial charge in [-0.05, 0) is 31.7 Å². The Morgan fingerprint density at radius 3 is 2.32 bits per heavy atom. The summed E-state index contributed by atoms with van der Waals surface area (Å²) in [5, 5.41) is 0.690. The molecule has 1 aromatic carbocycles. The molecule has 0 bridgehead atoms. The molecule has 7 heteroatoms. The monoisotopic (exact) mass is 345 g/mol. The van der Waals surface area contributed by atoms with E-state index in [9.17, 15) is 8.42 Å². The van der Waals surface area contributed by atoms with E-state index in [0.29, 0.717) is 11.6 Å². The fraction of sp³-hybridized carbons (Fsp3) is 0.600. The Bertz CT molecular complexity index is 569. The van der Waals surface area contributed by atoms with Crippen LogP contribution < -0.4 is 4.72 Å². The highest BCUT2D eigenvalue weighted by Gasteiger charge is 2.25. The van der Waals surface area contributed by atoms with Gasteiger partial charge in [0.1, 0.15) is 0 Å². The molecule has 5 nitrogen and oxygen atoms in total. The van der Waals surface area contributed by atoms with Crippen LogP contribution in [0, 0.1) is 0 Å². The molecule has 1 unspecified atom stereocenters. The van der Waals surface area contributed by atoms with Crippen LogP contribution in [-0.2, 0) is 10.0 Å². The van der Waals surface area contributed by atoms with E-state index >= 15 is 0 Å². The van der Waals surface area contributed by atoms with Crippen molar-refractivity contribution < 1.29 is 8.42 Å². The number of nitrogens with zero attached hydrogens (tertiary/aromatic N) is 2. The topological polar surface area (TPSA) is 52.7 Å². The Balaban J connectivity index is 2.15. The maximum absolute atomic E-state index is 11.8. The van der Waals surface area contributed by atoms with Crippen LogP contribution in [-0.4, -0.2) is 63.7 Å². The number of nitrogens with one attached hydrogen (secondary N) is 1. The van der Waals surface area contributed by atoms with Crippen LogP contribution in [0.15, 0.2) is 24.3 Å². The van der Waals surface area contributed by atoms with E-state index in [1.807, 2.05) is 24.3 Å². The third-order valence-corrected chi connectivity index (χ3v) is 5.73. The van der Waals surface area contributed by atoms with E-state index < -0.39 is 10.0 Å². The van der Waals surface area contributed by atoms with Crippen molar-refractivity contribution in [3.8, 4) is 0 Å². The number of sulfonamides is 1. The van der Waals surface area contributed by atoms with Crippen LogP contribution in [0.3, 0.4) is 0 Å². The van der Waals surface area contributed by atoms with Gasteiger partial charge in [0.25, 0.3) is 0 Å². The summed E-state index contributed by atoms with van der Waals surface area (Å²) in [6.45, 7) is 5.88. The van der Waals surface area contributed by atoms with Gasteiger partial charge in [0.15, 0.2) is 0 Å². The van der Waals surface area contributed by atoms with Crippen molar-refractivity contribution in [2.45, 2.75) is 13.0 Å². The van der Waals surface area contributed by atoms with Gasteiger partial charge in [0.05, 0.1) is 5.75 Å². The van der Waals surface area contributed by atoms with E-state index in [0.717, 1.165) is 31.7 Å². The van der Waals surface area contributed by atoms with Crippen molar-refractivity contribution >= 4 is 21.6 Å². The molecule has 1 saturated heterocycles. The van der Waals surface area contributed by atoms with Gasteiger partial charge < -0.3 is 4.90 Å². The van der Waals surface area contributed by atoms with E-state index in [1.165, 1.54) is 0 Å². The first-order valence-corrected chi connectivity index (χ1v) is 9.59. The minimum atomic E-state index is -3.19. The van der Waals surface area contributed by atoms with Crippen LogP contribution >= 0.6 is 11.6 Å². The number of hydrogen-bond acceptors (Lipinski definition) is 4. The number of likely N-dealkylation sites (N-methyl/N-ethyl adjacent to an activating group) is 1. The second-order valence-corrected chi connectivity index (χ2v) is 8.19. The third kappa shape index (κ3) is 4.93. The smallest absolute Gasteiger partial charge is 0.211 e. The summed E-state index contributed by atoms with van der Waals surface area (Å²) >= 11 is 5.96. The lowest BCUT2D eigenvalue weighted by Gasteiger charge is -2.38. The molecule has 1 N–H and O–H groups in total. The highest BCUT2D eigenvalue weighted by molar-refractivity contribution is 7.89. The quantitative estimate of drug-likeness (QED) is 0.850. The summed E-state index contributed by atoms with van der Waals surface area (Å²) in [5.74, 6) is 0.100. The number of halogens is 1. The van der Waals surface area contributed by atoms with E-state index in [1.54, 1.807) is 6.92 Å². The van der Waals surface area contributed by atoms with Crippen molar-refractivity contribution in [1.82, 2.24) is 14.5 Å². The Morgan fingerprint density at radius 2 is 1.77 bits per heavy atom. The van der Waals surface area contributed by atoms with Crippen LogP contribution in [0.25, 0.3) is 0 Å². The number of piperazine rings is 1. The predicted molar refractivity (Wildman–Crippen MR) is 90.7 cm³/mol. The molecule has 1 atom stereocenters. The molecule has 0 spiro atoms. The Hall–Kier alpha value is -0.660. The van der Waals surface area contributed by atoms with Gasteiger partial charge in [-0.2, -0.15) is 0 Å². The molecule has 1 heterocycles. The van der Waals surface area contributed by atoms with Crippen molar-refractivity contribution in [2.75, 3.05) is 45.5 Å². The standard InChI is InChI=1S/C15H24ClN3O2S/c1-3-22(20,21)17-12-15(13-4-6-14(16)7-5-13)19-10-8-18(2)9-11-19/h4-7,15,17H,3,8-12H2,1-2H3. The molecule has 1 aliphatic heterocycles. The molecule has 0 aromatic heterocycles. The largest absolute Gasteiger partial charge is 0.304 e. The van der Waals surface area contributed by atoms with Gasteiger partial charge in [0.2, 0.25) is 10.0 Å². The Morgan fingerprint density at radius 1 is 1.18 bits per heavy atom. The summed E-state index contributed by atoms with van der Waals surface area (Å²) in [6, 6.07) is 7.70. The molecule has 0 radical (unpaired) electrons. The molecule has 2 rings (SSSR count). The lowest BCUT2D eigenvalue weighted by Crippen LogP contribution is -2.48. The summed E-state index contributed by atoms with van der Waals surface area (Å²) < 4.78 is 26.2. The minimum absolute atomic E-state index is 0.0345. The molecule has 0 aliphatic carbocycles. The summed E-state index contributed by atoms with van der Waals surface area (Å²) in [5.41, 5.74) is 1.09. The maximum atomic E-state index is 11.8. The Labute approximate surface area is 138 Å². The van der Waals surface area contributed by atoms with E-state index in [2.05, 4.69) is 21.6 Å². The number of hydrogen-bond donors (Lipinski definition) is 1. The molecule has 0 amide bonds. The first kappa shape index (κ1) is 17.7. The number of benzene rings is 1. The molecular formula is C15H24ClN3O2S. The van der Waals surface area contributed by atoms with Gasteiger partial charge in [-0.15, -0.1) is 0 Å². The zero-order valence-corrected chi connectivity index (χ0v) is 14.7. The molecule has 0 saturated carbocycles. The fourth-order valence-electron chi connectivity index (χ4n) is 2.58. The van der Waals surface area contributed by atoms with E-state index in [-0.39, 0.29) is 11.8 Å². The fourth-order valence-corrected chi connectivity index (χ4v) is 3.33. The lowest BCUT2D eigenvalue weighted by molar-refractivity contribution is 0.113. The second kappa shape index (κ2) is 7.75. The van der Waals surface area contributed by atoms with Crippen molar-refractivity contribution in [3.05, 3.63) is 34.9 Å². The first-order valence-electron chi connectivity index (χ1n) is 7.56. The number of rotatable bonds is 6. The first-order chi connectivity index (χ1) is 10.4. The molecule has 1 aliphatic rings. The average molecular weight is 346 g/mol. The minimum Gasteiger partial charge on any atom is -0.304 e. The zero-order chi connectivity index (χ0) is 16.2. The molecule has 22 heavy (non-hydrogen) atoms. The van der Waals surface area contributed by atoms with Gasteiger partial charge in [-0.3, -0.25) is 4.90 Å². The van der Waals surface area contributed by atoms with Crippen molar-refractivity contribution in [2.24, 2.45) is 0 Å². The predicted octanol–water partition coefficient (Wildman–Crippen LogP) is 1.57. The highest BCUT2D eigenvalue weighted by Crippen LogP contribution is 2.23. The summed E-state index contributed by atoms with van der Waals surface area (Å²) in [4.78, 5) is 4.62. The molecule has 124 valence electrons. The van der Waals surface area contributed by atoms with Crippen LogP contribution in [0.4, 0.5) is 0 Å². The lowest BCUT2D eigenvalue weighted by atomic mass is 10.0. The van der Waals surface area contributed by atoms with Crippen LogP contribution in [0.5, 0.6) is 0 Å².